The second kappa shape index (κ2) is 6.60. The minimum atomic E-state index is -1.14. The molecule has 1 aromatic rings. The molecule has 0 heterocycles. The number of rotatable bonds is 5. The molecule has 19 heavy (non-hydrogen) atoms. The van der Waals surface area contributed by atoms with Crippen LogP contribution in [0.25, 0.3) is 0 Å². The number of nitrogens with zero attached hydrogens (tertiary/aromatic N) is 1. The molecule has 0 aliphatic rings. The molecule has 0 bridgehead atoms. The molecule has 0 aromatic heterocycles. The van der Waals surface area contributed by atoms with Crippen molar-refractivity contribution in [3.05, 3.63) is 29.8 Å². The van der Waals surface area contributed by atoms with Gasteiger partial charge >= 0.3 is 12.1 Å². The summed E-state index contributed by atoms with van der Waals surface area (Å²) in [5.41, 5.74) is 0.686. The van der Waals surface area contributed by atoms with Crippen molar-refractivity contribution in [3.8, 4) is 5.75 Å². The number of carbonyl (C=O) groups excluding carboxylic acids is 1. The molecule has 0 amide bonds. The molecule has 2 N–H and O–H groups in total. The highest BCUT2D eigenvalue weighted by Crippen LogP contribution is 2.13. The second-order valence-corrected chi connectivity index (χ2v) is 3.82. The SMILES string of the molecule is COC(=O)ON(C)[C@@H](Cc1ccc(O)cc1)C(=O)O. The van der Waals surface area contributed by atoms with Crippen LogP contribution >= 0.6 is 0 Å². The summed E-state index contributed by atoms with van der Waals surface area (Å²) in [6.07, 6.45) is -0.872. The minimum absolute atomic E-state index is 0.0924. The number of hydroxylamine groups is 2. The number of carbonyl (C=O) groups is 2. The number of phenolic OH excluding ortho intramolecular Hbond substituents is 1. The highest BCUT2D eigenvalue weighted by molar-refractivity contribution is 5.74. The van der Waals surface area contributed by atoms with Crippen molar-refractivity contribution in [2.24, 2.45) is 0 Å². The Kier molecular flexibility index (Phi) is 5.13. The molecule has 0 aliphatic heterocycles. The zero-order valence-corrected chi connectivity index (χ0v) is 10.6. The van der Waals surface area contributed by atoms with E-state index in [-0.39, 0.29) is 12.2 Å². The van der Waals surface area contributed by atoms with Crippen molar-refractivity contribution in [2.45, 2.75) is 12.5 Å². The lowest BCUT2D eigenvalue weighted by Gasteiger charge is -2.22. The molecule has 1 rings (SSSR count). The zero-order valence-electron chi connectivity index (χ0n) is 10.6. The van der Waals surface area contributed by atoms with Gasteiger partial charge in [0.15, 0.2) is 0 Å². The van der Waals surface area contributed by atoms with Gasteiger partial charge in [0, 0.05) is 13.5 Å². The summed E-state index contributed by atoms with van der Waals surface area (Å²) in [5.74, 6) is -1.05. The molecule has 0 saturated carbocycles. The summed E-state index contributed by atoms with van der Waals surface area (Å²) in [4.78, 5) is 26.8. The molecule has 104 valence electrons. The third-order valence-corrected chi connectivity index (χ3v) is 2.47. The van der Waals surface area contributed by atoms with Crippen molar-refractivity contribution in [1.82, 2.24) is 5.06 Å². The minimum Gasteiger partial charge on any atom is -0.508 e. The Labute approximate surface area is 109 Å². The largest absolute Gasteiger partial charge is 0.527 e. The fourth-order valence-corrected chi connectivity index (χ4v) is 1.45. The van der Waals surface area contributed by atoms with Gasteiger partial charge in [0.2, 0.25) is 0 Å². The van der Waals surface area contributed by atoms with Gasteiger partial charge in [0.25, 0.3) is 0 Å². The van der Waals surface area contributed by atoms with Crippen LogP contribution in [0.3, 0.4) is 0 Å². The van der Waals surface area contributed by atoms with Gasteiger partial charge in [0.05, 0.1) is 7.11 Å². The molecule has 0 spiro atoms. The van der Waals surface area contributed by atoms with E-state index in [1.807, 2.05) is 0 Å². The maximum absolute atomic E-state index is 11.2. The van der Waals surface area contributed by atoms with Crippen LogP contribution in [0.4, 0.5) is 4.79 Å². The van der Waals surface area contributed by atoms with Crippen molar-refractivity contribution in [2.75, 3.05) is 14.2 Å². The molecule has 0 radical (unpaired) electrons. The fraction of sp³-hybridized carbons (Fsp3) is 0.333. The number of benzene rings is 1. The van der Waals surface area contributed by atoms with E-state index in [0.717, 1.165) is 12.2 Å². The number of hydrogen-bond donors (Lipinski definition) is 2. The summed E-state index contributed by atoms with van der Waals surface area (Å²) in [6, 6.07) is 5.04. The van der Waals surface area contributed by atoms with E-state index in [4.69, 9.17) is 10.2 Å². The number of methoxy groups -OCH3 is 1. The summed E-state index contributed by atoms with van der Waals surface area (Å²) in [5, 5.41) is 19.2. The highest BCUT2D eigenvalue weighted by Gasteiger charge is 2.26. The lowest BCUT2D eigenvalue weighted by Crippen LogP contribution is -2.41. The summed E-state index contributed by atoms with van der Waals surface area (Å²) in [7, 11) is 2.46. The molecule has 7 nitrogen and oxygen atoms in total. The lowest BCUT2D eigenvalue weighted by atomic mass is 10.1. The van der Waals surface area contributed by atoms with Gasteiger partial charge in [-0.1, -0.05) is 12.1 Å². The van der Waals surface area contributed by atoms with E-state index in [9.17, 15) is 9.59 Å². The molecule has 0 saturated heterocycles. The Bertz CT molecular complexity index is 444. The van der Waals surface area contributed by atoms with Crippen LogP contribution in [0.15, 0.2) is 24.3 Å². The Balaban J connectivity index is 2.75. The fourth-order valence-electron chi connectivity index (χ4n) is 1.45. The molecule has 1 aromatic carbocycles. The molecule has 0 unspecified atom stereocenters. The smallest absolute Gasteiger partial charge is 0.508 e. The monoisotopic (exact) mass is 269 g/mol. The first-order chi connectivity index (χ1) is 8.93. The highest BCUT2D eigenvalue weighted by atomic mass is 16.8. The number of carboxylic acids is 1. The van der Waals surface area contributed by atoms with Crippen LogP contribution in [-0.4, -0.2) is 47.6 Å². The standard InChI is InChI=1S/C12H15NO6/c1-13(19-12(17)18-2)10(11(15)16)7-8-3-5-9(14)6-4-8/h3-6,10,14H,7H2,1-2H3,(H,15,16)/t10-/m0/s1. The van der Waals surface area contributed by atoms with E-state index < -0.39 is 18.2 Å². The van der Waals surface area contributed by atoms with E-state index in [1.165, 1.54) is 19.2 Å². The van der Waals surface area contributed by atoms with Crippen molar-refractivity contribution < 1.29 is 29.4 Å². The zero-order chi connectivity index (χ0) is 14.4. The topological polar surface area (TPSA) is 96.3 Å². The van der Waals surface area contributed by atoms with Gasteiger partial charge < -0.3 is 19.8 Å². The van der Waals surface area contributed by atoms with Crippen molar-refractivity contribution in [3.63, 3.8) is 0 Å². The number of aromatic hydroxyl groups is 1. The lowest BCUT2D eigenvalue weighted by molar-refractivity contribution is -0.168. The summed E-state index contributed by atoms with van der Waals surface area (Å²) in [6.45, 7) is 0. The predicted molar refractivity (Wildman–Crippen MR) is 64.5 cm³/mol. The van der Waals surface area contributed by atoms with E-state index in [1.54, 1.807) is 12.1 Å². The number of aliphatic carboxylic acids is 1. The van der Waals surface area contributed by atoms with Gasteiger partial charge in [-0.15, -0.1) is 5.06 Å². The van der Waals surface area contributed by atoms with Gasteiger partial charge in [-0.25, -0.2) is 4.79 Å². The molecular formula is C12H15NO6. The van der Waals surface area contributed by atoms with Crippen LogP contribution < -0.4 is 0 Å². The first-order valence-corrected chi connectivity index (χ1v) is 5.43. The quantitative estimate of drug-likeness (QED) is 0.608. The number of ether oxygens (including phenoxy) is 1. The van der Waals surface area contributed by atoms with Gasteiger partial charge in [0.1, 0.15) is 11.8 Å². The van der Waals surface area contributed by atoms with Crippen molar-refractivity contribution in [1.29, 1.82) is 0 Å². The Morgan fingerprint density at radius 1 is 1.32 bits per heavy atom. The van der Waals surface area contributed by atoms with E-state index in [2.05, 4.69) is 9.57 Å². The number of phenols is 1. The van der Waals surface area contributed by atoms with Gasteiger partial charge in [-0.05, 0) is 17.7 Å². The molecule has 0 aliphatic carbocycles. The van der Waals surface area contributed by atoms with Crippen LogP contribution in [0, 0.1) is 0 Å². The predicted octanol–water partition coefficient (Wildman–Crippen LogP) is 1.02. The van der Waals surface area contributed by atoms with Crippen molar-refractivity contribution >= 4 is 12.1 Å². The number of likely N-dealkylation sites (N-methyl/N-ethyl adjacent to an activating group) is 1. The van der Waals surface area contributed by atoms with Gasteiger partial charge in [-0.2, -0.15) is 0 Å². The molecule has 1 atom stereocenters. The third kappa shape index (κ3) is 4.47. The maximum Gasteiger partial charge on any atom is 0.527 e. The van der Waals surface area contributed by atoms with Crippen LogP contribution in [0.5, 0.6) is 5.75 Å². The summed E-state index contributed by atoms with van der Waals surface area (Å²) < 4.78 is 4.29. The first-order valence-electron chi connectivity index (χ1n) is 5.43. The normalized spacial score (nSPS) is 11.9. The Hall–Kier alpha value is -2.28. The Morgan fingerprint density at radius 3 is 2.37 bits per heavy atom. The van der Waals surface area contributed by atoms with Crippen LogP contribution in [0.2, 0.25) is 0 Å². The first kappa shape index (κ1) is 14.8. The van der Waals surface area contributed by atoms with Crippen LogP contribution in [-0.2, 0) is 20.8 Å². The summed E-state index contributed by atoms with van der Waals surface area (Å²) >= 11 is 0. The van der Waals surface area contributed by atoms with E-state index >= 15 is 0 Å². The molecule has 0 fully saturated rings. The number of hydrogen-bond acceptors (Lipinski definition) is 6. The number of carboxylic acid groups (broad SMARTS) is 1. The van der Waals surface area contributed by atoms with Gasteiger partial charge in [-0.3, -0.25) is 4.79 Å². The van der Waals surface area contributed by atoms with Crippen LogP contribution in [0.1, 0.15) is 5.56 Å². The average molecular weight is 269 g/mol. The average Bonchev–Trinajstić information content (AvgIpc) is 2.37. The molecule has 7 heteroatoms. The maximum atomic E-state index is 11.2. The Morgan fingerprint density at radius 2 is 1.89 bits per heavy atom. The van der Waals surface area contributed by atoms with E-state index in [0.29, 0.717) is 5.56 Å². The third-order valence-electron chi connectivity index (χ3n) is 2.47. The second-order valence-electron chi connectivity index (χ2n) is 3.82. The molecular weight excluding hydrogens is 254 g/mol.